The quantitative estimate of drug-likeness (QED) is 0.825. The van der Waals surface area contributed by atoms with Gasteiger partial charge in [0, 0.05) is 66.0 Å². The van der Waals surface area contributed by atoms with Crippen LogP contribution in [0.3, 0.4) is 0 Å². The molecule has 2 saturated heterocycles. The molecule has 8 heteroatoms. The Bertz CT molecular complexity index is 751. The van der Waals surface area contributed by atoms with Crippen LogP contribution < -0.4 is 5.32 Å². The van der Waals surface area contributed by atoms with E-state index in [1.807, 2.05) is 31.3 Å². The molecule has 3 rings (SSSR count). The van der Waals surface area contributed by atoms with E-state index in [2.05, 4.69) is 10.2 Å². The molecule has 2 aliphatic rings. The first-order valence-electron chi connectivity index (χ1n) is 9.69. The maximum atomic E-state index is 12.7. The van der Waals surface area contributed by atoms with E-state index >= 15 is 0 Å². The highest BCUT2D eigenvalue weighted by Gasteiger charge is 2.38. The van der Waals surface area contributed by atoms with Gasteiger partial charge in [-0.2, -0.15) is 0 Å². The van der Waals surface area contributed by atoms with Crippen LogP contribution in [0.5, 0.6) is 0 Å². The molecule has 0 unspecified atom stereocenters. The predicted molar refractivity (Wildman–Crippen MR) is 107 cm³/mol. The normalized spacial score (nSPS) is 20.0. The Hall–Kier alpha value is -2.61. The highest BCUT2D eigenvalue weighted by molar-refractivity contribution is 5.90. The largest absolute Gasteiger partial charge is 0.349 e. The molecule has 0 saturated carbocycles. The zero-order valence-electron chi connectivity index (χ0n) is 16.9. The number of hydrogen-bond acceptors (Lipinski definition) is 4. The van der Waals surface area contributed by atoms with Crippen molar-refractivity contribution in [3.8, 4) is 0 Å². The van der Waals surface area contributed by atoms with E-state index in [1.54, 1.807) is 28.8 Å². The number of hydrogen-bond donors (Lipinski definition) is 1. The summed E-state index contributed by atoms with van der Waals surface area (Å²) in [7, 11) is 5.30. The number of anilines is 1. The summed E-state index contributed by atoms with van der Waals surface area (Å²) in [5, 5.41) is 2.93. The van der Waals surface area contributed by atoms with Crippen LogP contribution in [-0.4, -0.2) is 97.4 Å². The molecule has 1 aromatic rings. The van der Waals surface area contributed by atoms with Crippen molar-refractivity contribution in [3.63, 3.8) is 0 Å². The van der Waals surface area contributed by atoms with Gasteiger partial charge in [0.1, 0.15) is 6.04 Å². The van der Waals surface area contributed by atoms with Gasteiger partial charge in [-0.1, -0.05) is 12.1 Å². The number of nitrogens with zero attached hydrogens (tertiary/aromatic N) is 4. The molecule has 1 aromatic carbocycles. The molecule has 2 fully saturated rings. The number of fused-ring (bicyclic) bond motifs is 1. The van der Waals surface area contributed by atoms with Crippen molar-refractivity contribution in [3.05, 3.63) is 29.8 Å². The van der Waals surface area contributed by atoms with Crippen molar-refractivity contribution >= 4 is 23.5 Å². The number of rotatable bonds is 4. The lowest BCUT2D eigenvalue weighted by Gasteiger charge is -2.45. The zero-order chi connectivity index (χ0) is 20.3. The Morgan fingerprint density at radius 3 is 2.68 bits per heavy atom. The van der Waals surface area contributed by atoms with E-state index in [4.69, 9.17) is 0 Å². The van der Waals surface area contributed by atoms with Crippen molar-refractivity contribution in [2.75, 3.05) is 59.2 Å². The van der Waals surface area contributed by atoms with Crippen LogP contribution in [0.25, 0.3) is 0 Å². The number of piperazine rings is 2. The third-order valence-corrected chi connectivity index (χ3v) is 5.47. The Balaban J connectivity index is 1.58. The van der Waals surface area contributed by atoms with Crippen LogP contribution in [-0.2, 0) is 16.0 Å². The molecule has 4 amide bonds. The fourth-order valence-corrected chi connectivity index (χ4v) is 3.63. The summed E-state index contributed by atoms with van der Waals surface area (Å²) >= 11 is 0. The van der Waals surface area contributed by atoms with Crippen LogP contribution in [0.15, 0.2) is 24.3 Å². The van der Waals surface area contributed by atoms with Gasteiger partial charge < -0.3 is 20.0 Å². The number of carbonyl (C=O) groups is 3. The molecule has 2 aliphatic heterocycles. The van der Waals surface area contributed by atoms with E-state index in [0.29, 0.717) is 38.2 Å². The lowest BCUT2D eigenvalue weighted by Crippen LogP contribution is -2.65. The van der Waals surface area contributed by atoms with Crippen LogP contribution in [0, 0.1) is 0 Å². The maximum absolute atomic E-state index is 12.7. The Morgan fingerprint density at radius 2 is 1.93 bits per heavy atom. The molecule has 0 spiro atoms. The van der Waals surface area contributed by atoms with Crippen molar-refractivity contribution in [2.24, 2.45) is 0 Å². The second-order valence-corrected chi connectivity index (χ2v) is 7.68. The topological polar surface area (TPSA) is 76.2 Å². The summed E-state index contributed by atoms with van der Waals surface area (Å²) in [6.07, 6.45) is 1.06. The van der Waals surface area contributed by atoms with Crippen molar-refractivity contribution < 1.29 is 14.4 Å². The number of carbonyl (C=O) groups excluding carboxylic acids is 3. The van der Waals surface area contributed by atoms with Gasteiger partial charge in [-0.15, -0.1) is 0 Å². The number of aryl methyl sites for hydroxylation is 1. The minimum Gasteiger partial charge on any atom is -0.349 e. The molecule has 1 N–H and O–H groups in total. The highest BCUT2D eigenvalue weighted by atomic mass is 16.2. The van der Waals surface area contributed by atoms with E-state index < -0.39 is 0 Å². The minimum atomic E-state index is -0.248. The second kappa shape index (κ2) is 8.60. The molecule has 28 heavy (non-hydrogen) atoms. The molecular weight excluding hydrogens is 358 g/mol. The van der Waals surface area contributed by atoms with Crippen LogP contribution in [0.1, 0.15) is 12.0 Å². The summed E-state index contributed by atoms with van der Waals surface area (Å²) < 4.78 is 0. The van der Waals surface area contributed by atoms with E-state index in [-0.39, 0.29) is 23.9 Å². The van der Waals surface area contributed by atoms with Gasteiger partial charge in [0.2, 0.25) is 11.8 Å². The first-order valence-corrected chi connectivity index (χ1v) is 9.69. The van der Waals surface area contributed by atoms with Crippen LogP contribution in [0.4, 0.5) is 10.5 Å². The molecule has 0 aromatic heterocycles. The van der Waals surface area contributed by atoms with Gasteiger partial charge in [-0.3, -0.25) is 14.5 Å². The van der Waals surface area contributed by atoms with Gasteiger partial charge in [-0.25, -0.2) is 4.79 Å². The molecule has 2 heterocycles. The molecule has 0 bridgehead atoms. The van der Waals surface area contributed by atoms with Crippen LogP contribution >= 0.6 is 0 Å². The molecule has 8 nitrogen and oxygen atoms in total. The van der Waals surface area contributed by atoms with Gasteiger partial charge in [0.05, 0.1) is 0 Å². The van der Waals surface area contributed by atoms with Gasteiger partial charge in [0.15, 0.2) is 0 Å². The zero-order valence-corrected chi connectivity index (χ0v) is 16.9. The molecule has 1 atom stereocenters. The standard InChI is InChI=1S/C20H29N5O3/c1-22(2)18(26)8-7-15-5-4-6-16(13-15)21-20(28)25-12-11-24-10-9-23(3)19(27)17(24)14-25/h4-6,13,17H,7-12,14H2,1-3H3,(H,21,28)/t17-/m0/s1. The number of nitrogens with one attached hydrogen (secondary N) is 1. The van der Waals surface area contributed by atoms with Gasteiger partial charge in [-0.05, 0) is 24.1 Å². The molecular formula is C20H29N5O3. The minimum absolute atomic E-state index is 0.0782. The fourth-order valence-electron chi connectivity index (χ4n) is 3.63. The fraction of sp³-hybridized carbons (Fsp3) is 0.550. The predicted octanol–water partition coefficient (Wildman–Crippen LogP) is 0.698. The number of urea groups is 1. The maximum Gasteiger partial charge on any atom is 0.321 e. The van der Waals surface area contributed by atoms with Crippen LogP contribution in [0.2, 0.25) is 0 Å². The Kier molecular flexibility index (Phi) is 6.18. The molecule has 0 radical (unpaired) electrons. The monoisotopic (exact) mass is 387 g/mol. The summed E-state index contributed by atoms with van der Waals surface area (Å²) in [5.74, 6) is 0.158. The average molecular weight is 387 g/mol. The van der Waals surface area contributed by atoms with E-state index in [1.165, 1.54) is 0 Å². The summed E-state index contributed by atoms with van der Waals surface area (Å²) in [6.45, 7) is 3.33. The van der Waals surface area contributed by atoms with Crippen molar-refractivity contribution in [1.82, 2.24) is 19.6 Å². The number of likely N-dealkylation sites (N-methyl/N-ethyl adjacent to an activating group) is 1. The summed E-state index contributed by atoms with van der Waals surface area (Å²) in [6, 6.07) is 7.13. The van der Waals surface area contributed by atoms with Gasteiger partial charge >= 0.3 is 6.03 Å². The lowest BCUT2D eigenvalue weighted by atomic mass is 10.1. The Labute approximate surface area is 166 Å². The average Bonchev–Trinajstić information content (AvgIpc) is 2.69. The first kappa shape index (κ1) is 20.1. The first-order chi connectivity index (χ1) is 13.3. The second-order valence-electron chi connectivity index (χ2n) is 7.68. The number of benzene rings is 1. The molecule has 152 valence electrons. The lowest BCUT2D eigenvalue weighted by molar-refractivity contribution is -0.142. The smallest absolute Gasteiger partial charge is 0.321 e. The van der Waals surface area contributed by atoms with E-state index in [0.717, 1.165) is 18.7 Å². The summed E-state index contributed by atoms with van der Waals surface area (Å²) in [5.41, 5.74) is 1.70. The highest BCUT2D eigenvalue weighted by Crippen LogP contribution is 2.18. The summed E-state index contributed by atoms with van der Waals surface area (Å²) in [4.78, 5) is 44.1. The number of amides is 4. The third-order valence-electron chi connectivity index (χ3n) is 5.47. The SMILES string of the molecule is CN(C)C(=O)CCc1cccc(NC(=O)N2CCN3CCN(C)C(=O)[C@@H]3C2)c1. The van der Waals surface area contributed by atoms with E-state index in [9.17, 15) is 14.4 Å². The van der Waals surface area contributed by atoms with Crippen molar-refractivity contribution in [2.45, 2.75) is 18.9 Å². The van der Waals surface area contributed by atoms with Crippen molar-refractivity contribution in [1.29, 1.82) is 0 Å². The molecule has 0 aliphatic carbocycles. The van der Waals surface area contributed by atoms with Gasteiger partial charge in [0.25, 0.3) is 0 Å². The Morgan fingerprint density at radius 1 is 1.18 bits per heavy atom. The third kappa shape index (κ3) is 4.62.